The molecule has 0 aliphatic carbocycles. The van der Waals surface area contributed by atoms with E-state index in [9.17, 15) is 13.9 Å². The third kappa shape index (κ3) is 4.78. The summed E-state index contributed by atoms with van der Waals surface area (Å²) in [6.07, 6.45) is -0.998. The molecule has 1 fully saturated rings. The predicted octanol–water partition coefficient (Wildman–Crippen LogP) is 3.09. The Morgan fingerprint density at radius 3 is 2.81 bits per heavy atom. The Labute approximate surface area is 152 Å². The van der Waals surface area contributed by atoms with Crippen molar-refractivity contribution in [2.75, 3.05) is 32.8 Å². The van der Waals surface area contributed by atoms with E-state index in [1.54, 1.807) is 0 Å². The molecule has 0 aromatic heterocycles. The molecule has 1 aliphatic heterocycles. The van der Waals surface area contributed by atoms with Gasteiger partial charge in [-0.15, -0.1) is 0 Å². The van der Waals surface area contributed by atoms with E-state index in [0.717, 1.165) is 17.4 Å². The quantitative estimate of drug-likeness (QED) is 0.857. The summed E-state index contributed by atoms with van der Waals surface area (Å²) in [4.78, 5) is 2.04. The van der Waals surface area contributed by atoms with E-state index in [0.29, 0.717) is 31.8 Å². The zero-order chi connectivity index (χ0) is 18.5. The second-order valence-electron chi connectivity index (χ2n) is 6.52. The molecule has 1 heterocycles. The lowest BCUT2D eigenvalue weighted by molar-refractivity contribution is -0.0461. The van der Waals surface area contributed by atoms with Gasteiger partial charge < -0.3 is 14.6 Å². The van der Waals surface area contributed by atoms with Crippen LogP contribution in [0, 0.1) is 18.6 Å². The molecule has 2 aromatic carbocycles. The van der Waals surface area contributed by atoms with Crippen molar-refractivity contribution in [3.63, 3.8) is 0 Å². The summed E-state index contributed by atoms with van der Waals surface area (Å²) in [5.74, 6) is -0.992. The minimum atomic E-state index is -0.880. The van der Waals surface area contributed by atoms with Gasteiger partial charge in [-0.2, -0.15) is 0 Å². The van der Waals surface area contributed by atoms with Crippen molar-refractivity contribution in [3.05, 3.63) is 65.2 Å². The van der Waals surface area contributed by atoms with E-state index in [4.69, 9.17) is 9.47 Å². The smallest absolute Gasteiger partial charge is 0.159 e. The second-order valence-corrected chi connectivity index (χ2v) is 6.52. The van der Waals surface area contributed by atoms with Crippen LogP contribution in [0.25, 0.3) is 0 Å². The molecule has 0 radical (unpaired) electrons. The molecule has 26 heavy (non-hydrogen) atoms. The molecule has 1 saturated heterocycles. The Morgan fingerprint density at radius 2 is 2.04 bits per heavy atom. The SMILES string of the molecule is Cc1ccccc1OCC(O)CN1CCOC(c2ccc(F)c(F)c2)C1. The molecule has 140 valence electrons. The summed E-state index contributed by atoms with van der Waals surface area (Å²) in [5.41, 5.74) is 1.61. The van der Waals surface area contributed by atoms with Gasteiger partial charge in [0.25, 0.3) is 0 Å². The number of rotatable bonds is 6. The van der Waals surface area contributed by atoms with Crippen molar-refractivity contribution in [2.45, 2.75) is 19.1 Å². The monoisotopic (exact) mass is 363 g/mol. The maximum atomic E-state index is 13.4. The topological polar surface area (TPSA) is 41.9 Å². The molecule has 6 heteroatoms. The highest BCUT2D eigenvalue weighted by atomic mass is 19.2. The first kappa shape index (κ1) is 18.8. The van der Waals surface area contributed by atoms with Crippen LogP contribution in [0.3, 0.4) is 0 Å². The number of nitrogens with zero attached hydrogens (tertiary/aromatic N) is 1. The van der Waals surface area contributed by atoms with Gasteiger partial charge in [-0.05, 0) is 36.2 Å². The predicted molar refractivity (Wildman–Crippen MR) is 94.2 cm³/mol. The first-order valence-corrected chi connectivity index (χ1v) is 8.68. The van der Waals surface area contributed by atoms with E-state index < -0.39 is 17.7 Å². The minimum absolute atomic E-state index is 0.193. The highest BCUT2D eigenvalue weighted by Crippen LogP contribution is 2.24. The van der Waals surface area contributed by atoms with Crippen LogP contribution in [-0.2, 0) is 4.74 Å². The molecule has 0 amide bonds. The van der Waals surface area contributed by atoms with Crippen LogP contribution < -0.4 is 4.74 Å². The van der Waals surface area contributed by atoms with Gasteiger partial charge in [0, 0.05) is 19.6 Å². The number of halogens is 2. The molecular formula is C20H23F2NO3. The Balaban J connectivity index is 1.52. The molecule has 3 rings (SSSR count). The van der Waals surface area contributed by atoms with Crippen LogP contribution in [-0.4, -0.2) is 49.0 Å². The van der Waals surface area contributed by atoms with Gasteiger partial charge >= 0.3 is 0 Å². The average molecular weight is 363 g/mol. The Hall–Kier alpha value is -2.02. The van der Waals surface area contributed by atoms with Gasteiger partial charge in [-0.25, -0.2) is 8.78 Å². The lowest BCUT2D eigenvalue weighted by atomic mass is 10.1. The summed E-state index contributed by atoms with van der Waals surface area (Å²) in [7, 11) is 0. The average Bonchev–Trinajstić information content (AvgIpc) is 2.63. The van der Waals surface area contributed by atoms with E-state index in [1.807, 2.05) is 36.1 Å². The van der Waals surface area contributed by atoms with E-state index in [-0.39, 0.29) is 12.7 Å². The number of benzene rings is 2. The standard InChI is InChI=1S/C20H23F2NO3/c1-14-4-2-3-5-19(14)26-13-16(24)11-23-8-9-25-20(12-23)15-6-7-17(21)18(22)10-15/h2-7,10,16,20,24H,8-9,11-13H2,1H3. The molecule has 2 atom stereocenters. The highest BCUT2D eigenvalue weighted by Gasteiger charge is 2.24. The number of hydrogen-bond donors (Lipinski definition) is 1. The molecule has 1 aliphatic rings. The van der Waals surface area contributed by atoms with Crippen LogP contribution in [0.1, 0.15) is 17.2 Å². The van der Waals surface area contributed by atoms with Gasteiger partial charge in [0.1, 0.15) is 18.5 Å². The van der Waals surface area contributed by atoms with Crippen LogP contribution in [0.4, 0.5) is 8.78 Å². The van der Waals surface area contributed by atoms with E-state index in [1.165, 1.54) is 12.1 Å². The Morgan fingerprint density at radius 1 is 1.23 bits per heavy atom. The molecule has 1 N–H and O–H groups in total. The lowest BCUT2D eigenvalue weighted by Crippen LogP contribution is -2.43. The second kappa shape index (κ2) is 8.58. The molecule has 2 aromatic rings. The van der Waals surface area contributed by atoms with Crippen molar-refractivity contribution >= 4 is 0 Å². The van der Waals surface area contributed by atoms with Gasteiger partial charge in [0.15, 0.2) is 11.6 Å². The third-order valence-electron chi connectivity index (χ3n) is 4.46. The number of β-amino-alcohol motifs (C(OH)–C–C–N with tert-alkyl or cyclic N) is 1. The van der Waals surface area contributed by atoms with Gasteiger partial charge in [0.05, 0.1) is 12.7 Å². The summed E-state index contributed by atoms with van der Waals surface area (Å²) >= 11 is 0. The lowest BCUT2D eigenvalue weighted by Gasteiger charge is -2.34. The Bertz CT molecular complexity index is 741. The first-order valence-electron chi connectivity index (χ1n) is 8.68. The van der Waals surface area contributed by atoms with Gasteiger partial charge in [-0.1, -0.05) is 24.3 Å². The molecule has 0 bridgehead atoms. The zero-order valence-electron chi connectivity index (χ0n) is 14.7. The maximum Gasteiger partial charge on any atom is 0.159 e. The van der Waals surface area contributed by atoms with Crippen LogP contribution in [0.5, 0.6) is 5.75 Å². The molecule has 2 unspecified atom stereocenters. The fraction of sp³-hybridized carbons (Fsp3) is 0.400. The maximum absolute atomic E-state index is 13.4. The first-order chi connectivity index (χ1) is 12.5. The molecule has 0 spiro atoms. The van der Waals surface area contributed by atoms with Gasteiger partial charge in [0.2, 0.25) is 0 Å². The number of morpholine rings is 1. The molecular weight excluding hydrogens is 340 g/mol. The van der Waals surface area contributed by atoms with Crippen molar-refractivity contribution < 1.29 is 23.4 Å². The van der Waals surface area contributed by atoms with Gasteiger partial charge in [-0.3, -0.25) is 4.90 Å². The summed E-state index contributed by atoms with van der Waals surface area (Å²) in [5, 5.41) is 10.3. The van der Waals surface area contributed by atoms with Crippen LogP contribution in [0.15, 0.2) is 42.5 Å². The fourth-order valence-corrected chi connectivity index (χ4v) is 3.04. The van der Waals surface area contributed by atoms with Crippen molar-refractivity contribution in [1.82, 2.24) is 4.90 Å². The summed E-state index contributed by atoms with van der Waals surface area (Å²) in [6, 6.07) is 11.5. The van der Waals surface area contributed by atoms with Crippen LogP contribution >= 0.6 is 0 Å². The van der Waals surface area contributed by atoms with Crippen molar-refractivity contribution in [1.29, 1.82) is 0 Å². The number of aryl methyl sites for hydroxylation is 1. The third-order valence-corrected chi connectivity index (χ3v) is 4.46. The van der Waals surface area contributed by atoms with Crippen LogP contribution in [0.2, 0.25) is 0 Å². The fourth-order valence-electron chi connectivity index (χ4n) is 3.04. The number of aliphatic hydroxyl groups excluding tert-OH is 1. The van der Waals surface area contributed by atoms with E-state index >= 15 is 0 Å². The number of ether oxygens (including phenoxy) is 2. The number of hydrogen-bond acceptors (Lipinski definition) is 4. The number of aliphatic hydroxyl groups is 1. The van der Waals surface area contributed by atoms with Crippen molar-refractivity contribution in [3.8, 4) is 5.75 Å². The Kier molecular flexibility index (Phi) is 6.19. The van der Waals surface area contributed by atoms with Crippen molar-refractivity contribution in [2.24, 2.45) is 0 Å². The summed E-state index contributed by atoms with van der Waals surface area (Å²) < 4.78 is 37.9. The zero-order valence-corrected chi connectivity index (χ0v) is 14.7. The highest BCUT2D eigenvalue weighted by molar-refractivity contribution is 5.31. The molecule has 4 nitrogen and oxygen atoms in total. The minimum Gasteiger partial charge on any atom is -0.491 e. The van der Waals surface area contributed by atoms with E-state index in [2.05, 4.69) is 0 Å². The summed E-state index contributed by atoms with van der Waals surface area (Å²) in [6.45, 7) is 4.21. The molecule has 0 saturated carbocycles. The normalized spacial score (nSPS) is 19.3. The number of para-hydroxylation sites is 1. The largest absolute Gasteiger partial charge is 0.491 e.